The van der Waals surface area contributed by atoms with E-state index in [0.717, 1.165) is 24.8 Å². The molecule has 1 fully saturated rings. The van der Waals surface area contributed by atoms with Gasteiger partial charge in [0, 0.05) is 42.5 Å². The zero-order chi connectivity index (χ0) is 14.2. The molecule has 0 amide bonds. The van der Waals surface area contributed by atoms with Crippen LogP contribution in [0.4, 0.5) is 5.13 Å². The summed E-state index contributed by atoms with van der Waals surface area (Å²) >= 11 is 1.77. The van der Waals surface area contributed by atoms with Crippen LogP contribution in [0.3, 0.4) is 0 Å². The van der Waals surface area contributed by atoms with Crippen LogP contribution in [0.5, 0.6) is 0 Å². The number of hydrogen-bond donors (Lipinski definition) is 1. The highest BCUT2D eigenvalue weighted by Crippen LogP contribution is 2.34. The number of nitrogens with zero attached hydrogens (tertiary/aromatic N) is 3. The van der Waals surface area contributed by atoms with Crippen molar-refractivity contribution >= 4 is 16.5 Å². The maximum absolute atomic E-state index is 5.89. The minimum atomic E-state index is 0.0687. The largest absolute Gasteiger partial charge is 0.343 e. The molecule has 1 aliphatic heterocycles. The Hall–Kier alpha value is -0.650. The molecule has 0 aliphatic carbocycles. The Morgan fingerprint density at radius 1 is 1.37 bits per heavy atom. The van der Waals surface area contributed by atoms with E-state index in [2.05, 4.69) is 44.5 Å². The molecule has 1 aromatic rings. The number of piperazine rings is 1. The molecular weight excluding hydrogens is 256 g/mol. The molecule has 0 spiro atoms. The number of rotatable bonds is 2. The second-order valence-corrected chi connectivity index (χ2v) is 7.59. The van der Waals surface area contributed by atoms with E-state index in [1.807, 2.05) is 0 Å². The van der Waals surface area contributed by atoms with Crippen LogP contribution in [-0.2, 0) is 12.0 Å². The van der Waals surface area contributed by atoms with Gasteiger partial charge >= 0.3 is 0 Å². The molecule has 2 rings (SSSR count). The van der Waals surface area contributed by atoms with Crippen molar-refractivity contribution in [2.45, 2.75) is 45.7 Å². The summed E-state index contributed by atoms with van der Waals surface area (Å²) in [6.07, 6.45) is 0. The third-order valence-electron chi connectivity index (χ3n) is 3.66. The summed E-state index contributed by atoms with van der Waals surface area (Å²) in [4.78, 5) is 10.9. The van der Waals surface area contributed by atoms with Crippen molar-refractivity contribution in [3.63, 3.8) is 0 Å². The highest BCUT2D eigenvalue weighted by Gasteiger charge is 2.28. The molecule has 0 aromatic carbocycles. The first-order valence-electron chi connectivity index (χ1n) is 6.98. The average Bonchev–Trinajstić information content (AvgIpc) is 2.72. The van der Waals surface area contributed by atoms with E-state index in [1.54, 1.807) is 11.3 Å². The number of likely N-dealkylation sites (N-methyl/N-ethyl adjacent to an activating group) is 1. The fraction of sp³-hybridized carbons (Fsp3) is 0.786. The Kier molecular flexibility index (Phi) is 4.18. The minimum Gasteiger partial charge on any atom is -0.343 e. The summed E-state index contributed by atoms with van der Waals surface area (Å²) in [5.41, 5.74) is 7.13. The van der Waals surface area contributed by atoms with E-state index >= 15 is 0 Å². The van der Waals surface area contributed by atoms with E-state index in [9.17, 15) is 0 Å². The first-order chi connectivity index (χ1) is 8.82. The lowest BCUT2D eigenvalue weighted by atomic mass is 9.91. The molecule has 4 nitrogen and oxygen atoms in total. The number of anilines is 1. The molecule has 108 valence electrons. The van der Waals surface area contributed by atoms with E-state index in [0.29, 0.717) is 12.6 Å². The summed E-state index contributed by atoms with van der Waals surface area (Å²) < 4.78 is 0. The van der Waals surface area contributed by atoms with Crippen molar-refractivity contribution in [1.29, 1.82) is 0 Å². The van der Waals surface area contributed by atoms with Crippen molar-refractivity contribution in [3.8, 4) is 0 Å². The monoisotopic (exact) mass is 282 g/mol. The molecule has 1 unspecified atom stereocenters. The van der Waals surface area contributed by atoms with Crippen molar-refractivity contribution < 1.29 is 0 Å². The van der Waals surface area contributed by atoms with Gasteiger partial charge in [-0.2, -0.15) is 0 Å². The Labute approximate surface area is 120 Å². The molecule has 5 heteroatoms. The van der Waals surface area contributed by atoms with E-state index in [-0.39, 0.29) is 5.41 Å². The number of aromatic nitrogens is 1. The zero-order valence-corrected chi connectivity index (χ0v) is 13.5. The van der Waals surface area contributed by atoms with E-state index < -0.39 is 0 Å². The smallest absolute Gasteiger partial charge is 0.186 e. The maximum atomic E-state index is 5.89. The lowest BCUT2D eigenvalue weighted by molar-refractivity contribution is 0.275. The number of thiazole rings is 1. The van der Waals surface area contributed by atoms with Gasteiger partial charge in [-0.3, -0.25) is 0 Å². The first-order valence-corrected chi connectivity index (χ1v) is 7.80. The minimum absolute atomic E-state index is 0.0687. The van der Waals surface area contributed by atoms with Crippen LogP contribution in [0.2, 0.25) is 0 Å². The predicted molar refractivity (Wildman–Crippen MR) is 83.0 cm³/mol. The molecule has 1 aliphatic rings. The van der Waals surface area contributed by atoms with Crippen LogP contribution in [0.1, 0.15) is 38.3 Å². The summed E-state index contributed by atoms with van der Waals surface area (Å²) in [6, 6.07) is 0.517. The standard InChI is InChI=1S/C14H26N4S/c1-10-9-17(5)6-7-18(10)13-16-12(14(2,3)4)11(8-15)19-13/h10H,6-9,15H2,1-5H3. The van der Waals surface area contributed by atoms with Gasteiger partial charge in [-0.05, 0) is 14.0 Å². The van der Waals surface area contributed by atoms with Crippen LogP contribution in [0.25, 0.3) is 0 Å². The highest BCUT2D eigenvalue weighted by atomic mass is 32.1. The van der Waals surface area contributed by atoms with Crippen LogP contribution in [0.15, 0.2) is 0 Å². The summed E-state index contributed by atoms with van der Waals surface area (Å²) in [6.45, 7) is 12.7. The van der Waals surface area contributed by atoms with Crippen LogP contribution < -0.4 is 10.6 Å². The van der Waals surface area contributed by atoms with Gasteiger partial charge in [0.1, 0.15) is 0 Å². The molecule has 0 saturated carbocycles. The van der Waals surface area contributed by atoms with Gasteiger partial charge in [0.2, 0.25) is 0 Å². The Morgan fingerprint density at radius 2 is 2.05 bits per heavy atom. The molecular formula is C14H26N4S. The van der Waals surface area contributed by atoms with Crippen LogP contribution in [-0.4, -0.2) is 42.6 Å². The molecule has 19 heavy (non-hydrogen) atoms. The van der Waals surface area contributed by atoms with Gasteiger partial charge in [-0.25, -0.2) is 4.98 Å². The fourth-order valence-corrected chi connectivity index (χ4v) is 3.89. The highest BCUT2D eigenvalue weighted by molar-refractivity contribution is 7.15. The molecule has 1 saturated heterocycles. The Balaban J connectivity index is 2.28. The second-order valence-electron chi connectivity index (χ2n) is 6.53. The maximum Gasteiger partial charge on any atom is 0.186 e. The molecule has 1 aromatic heterocycles. The van der Waals surface area contributed by atoms with E-state index in [1.165, 1.54) is 10.6 Å². The Bertz CT molecular complexity index is 435. The topological polar surface area (TPSA) is 45.4 Å². The SMILES string of the molecule is CC1CN(C)CCN1c1nc(C(C)(C)C)c(CN)s1. The summed E-state index contributed by atoms with van der Waals surface area (Å²) in [5, 5.41) is 1.14. The summed E-state index contributed by atoms with van der Waals surface area (Å²) in [5.74, 6) is 0. The zero-order valence-electron chi connectivity index (χ0n) is 12.7. The van der Waals surface area contributed by atoms with Gasteiger partial charge in [0.15, 0.2) is 5.13 Å². The van der Waals surface area contributed by atoms with E-state index in [4.69, 9.17) is 10.7 Å². The van der Waals surface area contributed by atoms with Gasteiger partial charge in [-0.1, -0.05) is 20.8 Å². The van der Waals surface area contributed by atoms with Crippen LogP contribution in [0, 0.1) is 0 Å². The fourth-order valence-electron chi connectivity index (χ4n) is 2.61. The second kappa shape index (κ2) is 5.38. The normalized spacial score (nSPS) is 22.0. The van der Waals surface area contributed by atoms with Crippen molar-refractivity contribution in [2.24, 2.45) is 5.73 Å². The summed E-state index contributed by atoms with van der Waals surface area (Å²) in [7, 11) is 2.18. The molecule has 0 bridgehead atoms. The van der Waals surface area contributed by atoms with Gasteiger partial charge in [0.25, 0.3) is 0 Å². The van der Waals surface area contributed by atoms with Gasteiger partial charge in [0.05, 0.1) is 5.69 Å². The molecule has 0 radical (unpaired) electrons. The molecule has 1 atom stereocenters. The Morgan fingerprint density at radius 3 is 2.53 bits per heavy atom. The first kappa shape index (κ1) is 14.8. The average molecular weight is 282 g/mol. The molecule has 2 heterocycles. The van der Waals surface area contributed by atoms with Crippen LogP contribution >= 0.6 is 11.3 Å². The van der Waals surface area contributed by atoms with Crippen molar-refractivity contribution in [1.82, 2.24) is 9.88 Å². The lowest BCUT2D eigenvalue weighted by Crippen LogP contribution is -2.50. The lowest BCUT2D eigenvalue weighted by Gasteiger charge is -2.38. The quantitative estimate of drug-likeness (QED) is 0.901. The van der Waals surface area contributed by atoms with Gasteiger partial charge < -0.3 is 15.5 Å². The predicted octanol–water partition coefficient (Wildman–Crippen LogP) is 2.04. The van der Waals surface area contributed by atoms with Crippen molar-refractivity contribution in [2.75, 3.05) is 31.6 Å². The van der Waals surface area contributed by atoms with Gasteiger partial charge in [-0.15, -0.1) is 11.3 Å². The molecule has 2 N–H and O–H groups in total. The number of hydrogen-bond acceptors (Lipinski definition) is 5. The third kappa shape index (κ3) is 3.09. The van der Waals surface area contributed by atoms with Crippen molar-refractivity contribution in [3.05, 3.63) is 10.6 Å². The third-order valence-corrected chi connectivity index (χ3v) is 4.77. The number of nitrogens with two attached hydrogens (primary N) is 1.